The molecule has 0 amide bonds. The number of furan rings is 1. The first-order chi connectivity index (χ1) is 6.81. The number of hydrogen-bond acceptors (Lipinski definition) is 4. The summed E-state index contributed by atoms with van der Waals surface area (Å²) in [6.45, 7) is -0.143. The molecular weight excluding hydrogens is 182 g/mol. The monoisotopic (exact) mass is 191 g/mol. The van der Waals surface area contributed by atoms with E-state index < -0.39 is 5.97 Å². The summed E-state index contributed by atoms with van der Waals surface area (Å²) in [4.78, 5) is 11.2. The fourth-order valence-corrected chi connectivity index (χ4v) is 1.23. The lowest BCUT2D eigenvalue weighted by atomic mass is 10.2. The maximum atomic E-state index is 11.2. The van der Waals surface area contributed by atoms with Gasteiger partial charge < -0.3 is 9.15 Å². The molecule has 4 heteroatoms. The van der Waals surface area contributed by atoms with Crippen LogP contribution in [0.5, 0.6) is 0 Å². The third kappa shape index (κ3) is 1.47. The second kappa shape index (κ2) is 3.51. The summed E-state index contributed by atoms with van der Waals surface area (Å²) in [6.07, 6.45) is 0. The highest BCUT2D eigenvalue weighted by atomic mass is 16.6. The Hall–Kier alpha value is -1.81. The molecule has 0 bridgehead atoms. The Morgan fingerprint density at radius 1 is 1.43 bits per heavy atom. The molecule has 0 saturated heterocycles. The standard InChI is InChI=1S/C10H9NO3/c11-6-13-10(12)9-5-7-3-1-2-4-8(7)14-9/h1-5H,6,11H2. The van der Waals surface area contributed by atoms with Gasteiger partial charge in [0.05, 0.1) is 0 Å². The van der Waals surface area contributed by atoms with E-state index >= 15 is 0 Å². The summed E-state index contributed by atoms with van der Waals surface area (Å²) in [7, 11) is 0. The lowest BCUT2D eigenvalue weighted by molar-refractivity contribution is 0.0481. The van der Waals surface area contributed by atoms with E-state index in [9.17, 15) is 4.79 Å². The van der Waals surface area contributed by atoms with Crippen molar-refractivity contribution in [3.05, 3.63) is 36.1 Å². The van der Waals surface area contributed by atoms with E-state index in [-0.39, 0.29) is 12.5 Å². The Morgan fingerprint density at radius 3 is 2.93 bits per heavy atom. The molecule has 4 nitrogen and oxygen atoms in total. The maximum absolute atomic E-state index is 11.2. The number of carbonyl (C=O) groups excluding carboxylic acids is 1. The third-order valence-electron chi connectivity index (χ3n) is 1.84. The summed E-state index contributed by atoms with van der Waals surface area (Å²) in [6, 6.07) is 8.99. The zero-order valence-corrected chi connectivity index (χ0v) is 7.40. The number of para-hydroxylation sites is 1. The van der Waals surface area contributed by atoms with Crippen LogP contribution in [0.1, 0.15) is 10.6 Å². The number of esters is 1. The van der Waals surface area contributed by atoms with Crippen LogP contribution in [-0.4, -0.2) is 12.7 Å². The maximum Gasteiger partial charge on any atom is 0.375 e. The molecule has 0 spiro atoms. The van der Waals surface area contributed by atoms with Crippen molar-refractivity contribution in [3.63, 3.8) is 0 Å². The molecule has 2 rings (SSSR count). The van der Waals surface area contributed by atoms with E-state index in [1.54, 1.807) is 12.1 Å². The molecule has 0 unspecified atom stereocenters. The van der Waals surface area contributed by atoms with E-state index in [0.29, 0.717) is 5.58 Å². The Balaban J connectivity index is 2.40. The molecule has 0 saturated carbocycles. The van der Waals surface area contributed by atoms with E-state index in [1.165, 1.54) is 0 Å². The quantitative estimate of drug-likeness (QED) is 0.577. The smallest absolute Gasteiger partial charge is 0.375 e. The molecule has 1 aromatic carbocycles. The fourth-order valence-electron chi connectivity index (χ4n) is 1.23. The molecule has 14 heavy (non-hydrogen) atoms. The number of fused-ring (bicyclic) bond motifs is 1. The van der Waals surface area contributed by atoms with Crippen molar-refractivity contribution in [3.8, 4) is 0 Å². The molecule has 72 valence electrons. The SMILES string of the molecule is NCOC(=O)c1cc2ccccc2o1. The van der Waals surface area contributed by atoms with Crippen molar-refractivity contribution in [2.45, 2.75) is 0 Å². The van der Waals surface area contributed by atoms with Crippen LogP contribution < -0.4 is 5.73 Å². The van der Waals surface area contributed by atoms with Crippen LogP contribution in [0.15, 0.2) is 34.7 Å². The Labute approximate surface area is 80.3 Å². The average Bonchev–Trinajstić information content (AvgIpc) is 2.61. The van der Waals surface area contributed by atoms with Gasteiger partial charge in [0.25, 0.3) is 0 Å². The minimum absolute atomic E-state index is 0.143. The van der Waals surface area contributed by atoms with Crippen LogP contribution in [0.4, 0.5) is 0 Å². The van der Waals surface area contributed by atoms with Gasteiger partial charge in [-0.2, -0.15) is 0 Å². The first kappa shape index (κ1) is 8.77. The second-order valence-electron chi connectivity index (χ2n) is 2.75. The number of rotatable bonds is 2. The van der Waals surface area contributed by atoms with Gasteiger partial charge in [0.2, 0.25) is 5.76 Å². The number of benzene rings is 1. The fraction of sp³-hybridized carbons (Fsp3) is 0.100. The minimum Gasteiger partial charge on any atom is -0.449 e. The molecule has 0 aliphatic rings. The number of nitrogens with two attached hydrogens (primary N) is 1. The Kier molecular flexibility index (Phi) is 2.20. The van der Waals surface area contributed by atoms with Crippen molar-refractivity contribution in [2.24, 2.45) is 5.73 Å². The normalized spacial score (nSPS) is 10.4. The summed E-state index contributed by atoms with van der Waals surface area (Å²) in [5.74, 6) is -0.361. The van der Waals surface area contributed by atoms with Gasteiger partial charge in [-0.1, -0.05) is 18.2 Å². The molecule has 0 radical (unpaired) electrons. The van der Waals surface area contributed by atoms with Crippen molar-refractivity contribution in [1.29, 1.82) is 0 Å². The Bertz CT molecular complexity index is 428. The highest BCUT2D eigenvalue weighted by Gasteiger charge is 2.12. The summed E-state index contributed by atoms with van der Waals surface area (Å²) < 4.78 is 9.85. The molecule has 0 atom stereocenters. The molecule has 1 aromatic heterocycles. The van der Waals surface area contributed by atoms with Gasteiger partial charge in [0, 0.05) is 5.39 Å². The molecule has 0 aliphatic carbocycles. The van der Waals surface area contributed by atoms with Crippen LogP contribution in [0.3, 0.4) is 0 Å². The van der Waals surface area contributed by atoms with Gasteiger partial charge in [0.1, 0.15) is 12.3 Å². The number of hydrogen-bond donors (Lipinski definition) is 1. The molecule has 0 aliphatic heterocycles. The third-order valence-corrected chi connectivity index (χ3v) is 1.84. The van der Waals surface area contributed by atoms with Crippen LogP contribution in [0, 0.1) is 0 Å². The van der Waals surface area contributed by atoms with Crippen molar-refractivity contribution in [1.82, 2.24) is 0 Å². The lowest BCUT2D eigenvalue weighted by Gasteiger charge is -1.95. The molecule has 2 N–H and O–H groups in total. The Morgan fingerprint density at radius 2 is 2.21 bits per heavy atom. The van der Waals surface area contributed by atoms with Crippen LogP contribution >= 0.6 is 0 Å². The first-order valence-corrected chi connectivity index (χ1v) is 4.17. The van der Waals surface area contributed by atoms with E-state index in [2.05, 4.69) is 4.74 Å². The summed E-state index contributed by atoms with van der Waals surface area (Å²) >= 11 is 0. The van der Waals surface area contributed by atoms with Crippen molar-refractivity contribution in [2.75, 3.05) is 6.73 Å². The van der Waals surface area contributed by atoms with Gasteiger partial charge in [-0.25, -0.2) is 4.79 Å². The average molecular weight is 191 g/mol. The number of carbonyl (C=O) groups is 1. The first-order valence-electron chi connectivity index (χ1n) is 4.17. The zero-order chi connectivity index (χ0) is 9.97. The van der Waals surface area contributed by atoms with Gasteiger partial charge >= 0.3 is 5.97 Å². The largest absolute Gasteiger partial charge is 0.449 e. The van der Waals surface area contributed by atoms with Crippen molar-refractivity contribution >= 4 is 16.9 Å². The topological polar surface area (TPSA) is 65.5 Å². The van der Waals surface area contributed by atoms with Gasteiger partial charge in [-0.15, -0.1) is 0 Å². The highest BCUT2D eigenvalue weighted by Crippen LogP contribution is 2.18. The predicted octanol–water partition coefficient (Wildman–Crippen LogP) is 1.51. The van der Waals surface area contributed by atoms with E-state index in [4.69, 9.17) is 10.2 Å². The van der Waals surface area contributed by atoms with Gasteiger partial charge in [-0.3, -0.25) is 5.73 Å². The zero-order valence-electron chi connectivity index (χ0n) is 7.40. The van der Waals surface area contributed by atoms with Gasteiger partial charge in [-0.05, 0) is 12.1 Å². The minimum atomic E-state index is -0.538. The van der Waals surface area contributed by atoms with Crippen LogP contribution in [-0.2, 0) is 4.74 Å². The second-order valence-corrected chi connectivity index (χ2v) is 2.75. The van der Waals surface area contributed by atoms with Crippen LogP contribution in [0.25, 0.3) is 11.0 Å². The molecule has 1 heterocycles. The van der Waals surface area contributed by atoms with E-state index in [1.807, 2.05) is 18.2 Å². The summed E-state index contributed by atoms with van der Waals surface area (Å²) in [5, 5.41) is 0.872. The molecule has 0 fully saturated rings. The van der Waals surface area contributed by atoms with E-state index in [0.717, 1.165) is 5.39 Å². The lowest BCUT2D eigenvalue weighted by Crippen LogP contribution is -2.11. The van der Waals surface area contributed by atoms with Crippen molar-refractivity contribution < 1.29 is 13.9 Å². The highest BCUT2D eigenvalue weighted by molar-refractivity contribution is 5.92. The van der Waals surface area contributed by atoms with Gasteiger partial charge in [0.15, 0.2) is 0 Å². The summed E-state index contributed by atoms with van der Waals surface area (Å²) in [5.41, 5.74) is 5.74. The predicted molar refractivity (Wildman–Crippen MR) is 50.7 cm³/mol. The molecular formula is C10H9NO3. The van der Waals surface area contributed by atoms with Crippen LogP contribution in [0.2, 0.25) is 0 Å². The molecule has 2 aromatic rings. The number of ether oxygens (including phenoxy) is 1.